The van der Waals surface area contributed by atoms with Gasteiger partial charge in [-0.15, -0.1) is 22.7 Å². The lowest BCUT2D eigenvalue weighted by Crippen LogP contribution is -2.10. The van der Waals surface area contributed by atoms with Crippen molar-refractivity contribution in [2.24, 2.45) is 0 Å². The van der Waals surface area contributed by atoms with Crippen molar-refractivity contribution >= 4 is 129 Å². The Morgan fingerprint density at radius 3 is 1.92 bits per heavy atom. The summed E-state index contributed by atoms with van der Waals surface area (Å²) in [6.07, 6.45) is 0. The second kappa shape index (κ2) is 14.5. The molecule has 0 saturated heterocycles. The average Bonchev–Trinajstić information content (AvgIpc) is 4.01. The largest absolute Gasteiger partial charge is 0.310 e. The number of halogens is 1. The number of para-hydroxylation sites is 1. The normalized spacial score (nSPS) is 11.9. The number of hydrogen-bond acceptors (Lipinski definition) is 3. The number of nitrogens with zero attached hydrogens (tertiary/aromatic N) is 2. The Morgan fingerprint density at radius 1 is 0.381 bits per heavy atom. The number of fused-ring (bicyclic) bond motifs is 11. The molecule has 13 rings (SSSR count). The van der Waals surface area contributed by atoms with Crippen LogP contribution >= 0.6 is 38.6 Å². The molecule has 0 amide bonds. The molecule has 296 valence electrons. The minimum atomic E-state index is 1.07. The molecule has 3 heterocycles. The lowest BCUT2D eigenvalue weighted by atomic mass is 9.96. The third-order valence-corrected chi connectivity index (χ3v) is 15.6. The van der Waals surface area contributed by atoms with Gasteiger partial charge in [0.05, 0.1) is 11.0 Å². The predicted octanol–water partition coefficient (Wildman–Crippen LogP) is 18.2. The predicted molar refractivity (Wildman–Crippen MR) is 277 cm³/mol. The molecule has 63 heavy (non-hydrogen) atoms. The van der Waals surface area contributed by atoms with E-state index in [1.165, 1.54) is 78.5 Å². The first-order chi connectivity index (χ1) is 31.1. The van der Waals surface area contributed by atoms with Crippen LogP contribution in [0.4, 0.5) is 17.1 Å². The van der Waals surface area contributed by atoms with Crippen molar-refractivity contribution < 1.29 is 0 Å². The van der Waals surface area contributed by atoms with Crippen LogP contribution < -0.4 is 4.90 Å². The maximum Gasteiger partial charge on any atom is 0.0562 e. The molecule has 5 heteroatoms. The van der Waals surface area contributed by atoms with Gasteiger partial charge in [0.15, 0.2) is 0 Å². The molecule has 0 aliphatic heterocycles. The first-order valence-corrected chi connectivity index (χ1v) is 23.6. The maximum atomic E-state index is 3.84. The summed E-state index contributed by atoms with van der Waals surface area (Å²) < 4.78 is 8.82. The van der Waals surface area contributed by atoms with E-state index in [-0.39, 0.29) is 0 Å². The SMILES string of the molecule is Brc1ccccc1-c1cccc(N(c2ccc3ccccc3c2)c2ccc3c4c5sc6ccccc6c5c(-c5ccc6c(c5)sc5ccccc56)cc4n(-c4ccccc4)c3c2)c1. The summed E-state index contributed by atoms with van der Waals surface area (Å²) in [5.41, 5.74) is 11.6. The van der Waals surface area contributed by atoms with Gasteiger partial charge in [-0.25, -0.2) is 0 Å². The first-order valence-electron chi connectivity index (χ1n) is 21.2. The summed E-state index contributed by atoms with van der Waals surface area (Å²) in [6.45, 7) is 0. The Labute approximate surface area is 380 Å². The zero-order valence-corrected chi connectivity index (χ0v) is 37.0. The molecule has 2 nitrogen and oxygen atoms in total. The lowest BCUT2D eigenvalue weighted by Gasteiger charge is -2.27. The molecule has 0 atom stereocenters. The van der Waals surface area contributed by atoms with Gasteiger partial charge in [0.25, 0.3) is 0 Å². The standard InChI is InChI=1S/C58H35BrN2S2/c59-50-22-9-6-19-44(50)38-15-12-18-41(32-38)60(42-27-25-36-13-4-5-14-37(36)31-42)43-28-30-47-51(34-43)61(40-16-2-1-3-17-40)52-35-49(56-48-21-8-11-24-54(48)63-58(56)57(47)52)39-26-29-46-45-20-7-10-23-53(45)62-55(46)33-39/h1-35H. The average molecular weight is 904 g/mol. The van der Waals surface area contributed by atoms with Crippen molar-refractivity contribution in [3.63, 3.8) is 0 Å². The summed E-state index contributed by atoms with van der Waals surface area (Å²) >= 11 is 7.63. The summed E-state index contributed by atoms with van der Waals surface area (Å²) in [7, 11) is 0. The molecule has 10 aromatic carbocycles. The quantitative estimate of drug-likeness (QED) is 0.161. The number of rotatable bonds is 6. The van der Waals surface area contributed by atoms with Crippen molar-refractivity contribution in [1.82, 2.24) is 4.57 Å². The number of benzene rings is 10. The zero-order valence-electron chi connectivity index (χ0n) is 33.8. The van der Waals surface area contributed by atoms with Gasteiger partial charge in [0.1, 0.15) is 0 Å². The van der Waals surface area contributed by atoms with E-state index in [9.17, 15) is 0 Å². The van der Waals surface area contributed by atoms with Crippen LogP contribution in [0.25, 0.3) is 101 Å². The van der Waals surface area contributed by atoms with Crippen LogP contribution in [0.3, 0.4) is 0 Å². The Morgan fingerprint density at radius 2 is 1.05 bits per heavy atom. The molecule has 0 saturated carbocycles. The molecule has 0 radical (unpaired) electrons. The van der Waals surface area contributed by atoms with Crippen LogP contribution in [0.5, 0.6) is 0 Å². The van der Waals surface area contributed by atoms with E-state index in [1.54, 1.807) is 0 Å². The number of hydrogen-bond donors (Lipinski definition) is 0. The molecule has 3 aromatic heterocycles. The van der Waals surface area contributed by atoms with Crippen LogP contribution in [0.1, 0.15) is 0 Å². The monoisotopic (exact) mass is 902 g/mol. The van der Waals surface area contributed by atoms with Gasteiger partial charge in [-0.2, -0.15) is 0 Å². The van der Waals surface area contributed by atoms with E-state index >= 15 is 0 Å². The minimum absolute atomic E-state index is 1.07. The smallest absolute Gasteiger partial charge is 0.0562 e. The Bertz CT molecular complexity index is 3950. The van der Waals surface area contributed by atoms with Crippen LogP contribution in [0, 0.1) is 0 Å². The molecule has 0 aliphatic rings. The molecule has 0 fully saturated rings. The third-order valence-electron chi connectivity index (χ3n) is 12.6. The second-order valence-corrected chi connectivity index (χ2v) is 19.2. The highest BCUT2D eigenvalue weighted by Gasteiger charge is 2.24. The van der Waals surface area contributed by atoms with Gasteiger partial charge in [-0.3, -0.25) is 0 Å². The molecule has 13 aromatic rings. The third kappa shape index (κ3) is 5.88. The molecule has 0 N–H and O–H groups in total. The molecular formula is C58H35BrN2S2. The molecule has 0 bridgehead atoms. The van der Waals surface area contributed by atoms with Gasteiger partial charge in [0.2, 0.25) is 0 Å². The summed E-state index contributed by atoms with van der Waals surface area (Å²) in [6, 6.07) is 78.1. The summed E-state index contributed by atoms with van der Waals surface area (Å²) in [5, 5.41) is 10.2. The van der Waals surface area contributed by atoms with Crippen molar-refractivity contribution in [1.29, 1.82) is 0 Å². The van der Waals surface area contributed by atoms with Crippen LogP contribution in [-0.4, -0.2) is 4.57 Å². The number of anilines is 3. The van der Waals surface area contributed by atoms with Crippen molar-refractivity contribution in [3.05, 3.63) is 217 Å². The molecule has 0 unspecified atom stereocenters. The van der Waals surface area contributed by atoms with E-state index in [1.807, 2.05) is 22.7 Å². The fourth-order valence-corrected chi connectivity index (χ4v) is 12.7. The molecule has 0 spiro atoms. The minimum Gasteiger partial charge on any atom is -0.310 e. The number of aromatic nitrogens is 1. The fraction of sp³-hybridized carbons (Fsp3) is 0. The van der Waals surface area contributed by atoms with E-state index in [0.29, 0.717) is 0 Å². The van der Waals surface area contributed by atoms with Crippen molar-refractivity contribution in [3.8, 4) is 27.9 Å². The van der Waals surface area contributed by atoms with Crippen LogP contribution in [-0.2, 0) is 0 Å². The van der Waals surface area contributed by atoms with E-state index < -0.39 is 0 Å². The summed E-state index contributed by atoms with van der Waals surface area (Å²) in [4.78, 5) is 2.42. The van der Waals surface area contributed by atoms with Gasteiger partial charge in [-0.1, -0.05) is 149 Å². The van der Waals surface area contributed by atoms with Crippen molar-refractivity contribution in [2.45, 2.75) is 0 Å². The van der Waals surface area contributed by atoms with Gasteiger partial charge >= 0.3 is 0 Å². The van der Waals surface area contributed by atoms with Crippen molar-refractivity contribution in [2.75, 3.05) is 4.90 Å². The topological polar surface area (TPSA) is 8.17 Å². The van der Waals surface area contributed by atoms with Crippen LogP contribution in [0.2, 0.25) is 0 Å². The van der Waals surface area contributed by atoms with Gasteiger partial charge < -0.3 is 9.47 Å². The Balaban J connectivity index is 1.10. The fourth-order valence-electron chi connectivity index (χ4n) is 9.76. The zero-order chi connectivity index (χ0) is 41.6. The number of thiophene rings is 2. The second-order valence-electron chi connectivity index (χ2n) is 16.2. The highest BCUT2D eigenvalue weighted by atomic mass is 79.9. The first kappa shape index (κ1) is 36.6. The van der Waals surface area contributed by atoms with E-state index in [4.69, 9.17) is 0 Å². The Kier molecular flexibility index (Phi) is 8.45. The maximum absolute atomic E-state index is 3.84. The summed E-state index contributed by atoms with van der Waals surface area (Å²) in [5.74, 6) is 0. The van der Waals surface area contributed by atoms with Crippen LogP contribution in [0.15, 0.2) is 217 Å². The lowest BCUT2D eigenvalue weighted by molar-refractivity contribution is 1.18. The van der Waals surface area contributed by atoms with E-state index in [2.05, 4.69) is 238 Å². The molecule has 0 aliphatic carbocycles. The molecular weight excluding hydrogens is 869 g/mol. The van der Waals surface area contributed by atoms with Gasteiger partial charge in [-0.05, 0) is 112 Å². The van der Waals surface area contributed by atoms with E-state index in [0.717, 1.165) is 43.9 Å². The highest BCUT2D eigenvalue weighted by Crippen LogP contribution is 2.50. The van der Waals surface area contributed by atoms with Gasteiger partial charge in [0, 0.05) is 78.3 Å². The highest BCUT2D eigenvalue weighted by molar-refractivity contribution is 9.10. The Hall–Kier alpha value is -7.02.